The maximum atomic E-state index is 10.2. The van der Waals surface area contributed by atoms with Crippen molar-refractivity contribution in [2.45, 2.75) is 89.3 Å². The molecule has 0 bridgehead atoms. The Bertz CT molecular complexity index is 219. The molecule has 100 valence electrons. The van der Waals surface area contributed by atoms with Crippen LogP contribution in [0.5, 0.6) is 0 Å². The summed E-state index contributed by atoms with van der Waals surface area (Å²) in [5, 5.41) is 14.0. The van der Waals surface area contributed by atoms with Gasteiger partial charge in [0, 0.05) is 12.1 Å². The molecule has 2 fully saturated rings. The summed E-state index contributed by atoms with van der Waals surface area (Å²) in [6.45, 7) is 2.31. The minimum Gasteiger partial charge on any atom is -0.392 e. The lowest BCUT2D eigenvalue weighted by Gasteiger charge is -2.36. The van der Waals surface area contributed by atoms with Crippen LogP contribution in [0.4, 0.5) is 0 Å². The molecule has 0 aromatic carbocycles. The summed E-state index contributed by atoms with van der Waals surface area (Å²) in [5.74, 6) is 0.846. The second kappa shape index (κ2) is 6.75. The van der Waals surface area contributed by atoms with Gasteiger partial charge in [-0.2, -0.15) is 0 Å². The van der Waals surface area contributed by atoms with Crippen molar-refractivity contribution in [3.8, 4) is 0 Å². The maximum Gasteiger partial charge on any atom is 0.0693 e. The van der Waals surface area contributed by atoms with Crippen molar-refractivity contribution in [3.63, 3.8) is 0 Å². The van der Waals surface area contributed by atoms with E-state index in [0.29, 0.717) is 12.1 Å². The van der Waals surface area contributed by atoms with E-state index in [1.54, 1.807) is 0 Å². The first-order valence-electron chi connectivity index (χ1n) is 7.75. The van der Waals surface area contributed by atoms with Gasteiger partial charge in [-0.15, -0.1) is 0 Å². The van der Waals surface area contributed by atoms with E-state index < -0.39 is 0 Å². The molecule has 4 unspecified atom stereocenters. The molecule has 0 spiro atoms. The maximum absolute atomic E-state index is 10.2. The molecule has 0 amide bonds. The zero-order chi connectivity index (χ0) is 12.1. The molecule has 17 heavy (non-hydrogen) atoms. The van der Waals surface area contributed by atoms with Gasteiger partial charge in [-0.1, -0.05) is 45.4 Å². The van der Waals surface area contributed by atoms with Gasteiger partial charge in [-0.25, -0.2) is 0 Å². The second-order valence-corrected chi connectivity index (χ2v) is 6.04. The van der Waals surface area contributed by atoms with Gasteiger partial charge in [0.15, 0.2) is 0 Å². The first kappa shape index (κ1) is 13.4. The molecule has 4 atom stereocenters. The average Bonchev–Trinajstić information content (AvgIpc) is 2.56. The van der Waals surface area contributed by atoms with Gasteiger partial charge in [0.05, 0.1) is 6.10 Å². The highest BCUT2D eigenvalue weighted by Crippen LogP contribution is 2.28. The van der Waals surface area contributed by atoms with Gasteiger partial charge >= 0.3 is 0 Å². The van der Waals surface area contributed by atoms with Crippen molar-refractivity contribution in [3.05, 3.63) is 0 Å². The molecular weight excluding hydrogens is 210 g/mol. The zero-order valence-electron chi connectivity index (χ0n) is 11.3. The highest BCUT2D eigenvalue weighted by molar-refractivity contribution is 4.87. The predicted octanol–water partition coefficient (Wildman–Crippen LogP) is 3.24. The number of aliphatic hydroxyl groups excluding tert-OH is 1. The van der Waals surface area contributed by atoms with Crippen LogP contribution in [0.25, 0.3) is 0 Å². The van der Waals surface area contributed by atoms with Crippen LogP contribution in [0.2, 0.25) is 0 Å². The van der Waals surface area contributed by atoms with Crippen LogP contribution in [-0.2, 0) is 0 Å². The number of aliphatic hydroxyl groups is 1. The van der Waals surface area contributed by atoms with E-state index in [1.165, 1.54) is 57.8 Å². The van der Waals surface area contributed by atoms with Crippen molar-refractivity contribution in [1.29, 1.82) is 0 Å². The standard InChI is InChI=1S/C15H29NO/c1-2-12-8-6-7-9-13(12)16-14-10-4-3-5-11-15(14)17/h12-17H,2-11H2,1H3. The molecule has 0 aromatic heterocycles. The Morgan fingerprint density at radius 3 is 2.35 bits per heavy atom. The molecule has 2 aliphatic rings. The summed E-state index contributed by atoms with van der Waals surface area (Å²) in [4.78, 5) is 0. The van der Waals surface area contributed by atoms with Crippen molar-refractivity contribution in [1.82, 2.24) is 5.32 Å². The molecule has 2 nitrogen and oxygen atoms in total. The lowest BCUT2D eigenvalue weighted by Crippen LogP contribution is -2.48. The molecule has 0 aliphatic heterocycles. The van der Waals surface area contributed by atoms with E-state index in [-0.39, 0.29) is 6.10 Å². The largest absolute Gasteiger partial charge is 0.392 e. The lowest BCUT2D eigenvalue weighted by molar-refractivity contribution is 0.1000. The van der Waals surface area contributed by atoms with Gasteiger partial charge in [-0.05, 0) is 31.6 Å². The average molecular weight is 239 g/mol. The number of hydrogen-bond acceptors (Lipinski definition) is 2. The van der Waals surface area contributed by atoms with E-state index in [4.69, 9.17) is 0 Å². The van der Waals surface area contributed by atoms with Crippen molar-refractivity contribution in [2.75, 3.05) is 0 Å². The Balaban J connectivity index is 1.88. The summed E-state index contributed by atoms with van der Waals surface area (Å²) < 4.78 is 0. The number of nitrogens with one attached hydrogen (secondary N) is 1. The van der Waals surface area contributed by atoms with E-state index in [2.05, 4.69) is 12.2 Å². The molecule has 2 aliphatic carbocycles. The Morgan fingerprint density at radius 1 is 0.882 bits per heavy atom. The van der Waals surface area contributed by atoms with Crippen molar-refractivity contribution >= 4 is 0 Å². The quantitative estimate of drug-likeness (QED) is 0.741. The van der Waals surface area contributed by atoms with Gasteiger partial charge in [-0.3, -0.25) is 0 Å². The number of hydrogen-bond donors (Lipinski definition) is 2. The lowest BCUT2D eigenvalue weighted by atomic mass is 9.82. The van der Waals surface area contributed by atoms with Crippen molar-refractivity contribution < 1.29 is 5.11 Å². The molecule has 2 N–H and O–H groups in total. The van der Waals surface area contributed by atoms with E-state index in [1.807, 2.05) is 0 Å². The minimum absolute atomic E-state index is 0.100. The summed E-state index contributed by atoms with van der Waals surface area (Å²) in [5.41, 5.74) is 0. The summed E-state index contributed by atoms with van der Waals surface area (Å²) in [6.07, 6.45) is 12.7. The SMILES string of the molecule is CCC1CCCCC1NC1CCCCCC1O. The van der Waals surface area contributed by atoms with Crippen LogP contribution in [0.15, 0.2) is 0 Å². The van der Waals surface area contributed by atoms with Gasteiger partial charge in [0.25, 0.3) is 0 Å². The Hall–Kier alpha value is -0.0800. The first-order valence-corrected chi connectivity index (χ1v) is 7.75. The zero-order valence-corrected chi connectivity index (χ0v) is 11.3. The highest BCUT2D eigenvalue weighted by atomic mass is 16.3. The van der Waals surface area contributed by atoms with E-state index in [0.717, 1.165) is 12.3 Å². The topological polar surface area (TPSA) is 32.3 Å². The fourth-order valence-electron chi connectivity index (χ4n) is 3.67. The van der Waals surface area contributed by atoms with Crippen LogP contribution in [0.1, 0.15) is 71.1 Å². The minimum atomic E-state index is -0.100. The van der Waals surface area contributed by atoms with E-state index in [9.17, 15) is 5.11 Å². The van der Waals surface area contributed by atoms with Crippen LogP contribution in [0.3, 0.4) is 0 Å². The molecule has 2 saturated carbocycles. The first-order chi connectivity index (χ1) is 8.31. The third-order valence-corrected chi connectivity index (χ3v) is 4.84. The summed E-state index contributed by atoms with van der Waals surface area (Å²) >= 11 is 0. The predicted molar refractivity (Wildman–Crippen MR) is 72.1 cm³/mol. The van der Waals surface area contributed by atoms with Crippen LogP contribution < -0.4 is 5.32 Å². The van der Waals surface area contributed by atoms with Crippen LogP contribution in [0, 0.1) is 5.92 Å². The third-order valence-electron chi connectivity index (χ3n) is 4.84. The monoisotopic (exact) mass is 239 g/mol. The molecule has 0 aromatic rings. The van der Waals surface area contributed by atoms with Crippen molar-refractivity contribution in [2.24, 2.45) is 5.92 Å². The molecular formula is C15H29NO. The molecule has 0 heterocycles. The van der Waals surface area contributed by atoms with Gasteiger partial charge < -0.3 is 10.4 Å². The van der Waals surface area contributed by atoms with Gasteiger partial charge in [0.2, 0.25) is 0 Å². The molecule has 2 heteroatoms. The molecule has 2 rings (SSSR count). The fourth-order valence-corrected chi connectivity index (χ4v) is 3.67. The molecule has 0 saturated heterocycles. The summed E-state index contributed by atoms with van der Waals surface area (Å²) in [6, 6.07) is 1.04. The highest BCUT2D eigenvalue weighted by Gasteiger charge is 2.29. The smallest absolute Gasteiger partial charge is 0.0693 e. The normalized spacial score (nSPS) is 39.9. The summed E-state index contributed by atoms with van der Waals surface area (Å²) in [7, 11) is 0. The van der Waals surface area contributed by atoms with E-state index >= 15 is 0 Å². The Morgan fingerprint density at radius 2 is 1.53 bits per heavy atom. The second-order valence-electron chi connectivity index (χ2n) is 6.04. The van der Waals surface area contributed by atoms with Crippen LogP contribution >= 0.6 is 0 Å². The van der Waals surface area contributed by atoms with Crippen LogP contribution in [-0.4, -0.2) is 23.3 Å². The third kappa shape index (κ3) is 3.69. The number of rotatable bonds is 3. The van der Waals surface area contributed by atoms with Gasteiger partial charge in [0.1, 0.15) is 0 Å². The Labute approximate surface area is 106 Å². The Kier molecular flexibility index (Phi) is 5.30. The molecule has 0 radical (unpaired) electrons. The fraction of sp³-hybridized carbons (Fsp3) is 1.00.